The predicted molar refractivity (Wildman–Crippen MR) is 56.8 cm³/mol. The molecule has 0 N–H and O–H groups in total. The number of carbonyl (C=O) groups excluding carboxylic acids is 1. The number of benzene rings is 1. The third kappa shape index (κ3) is 2.34. The summed E-state index contributed by atoms with van der Waals surface area (Å²) >= 11 is 0. The monoisotopic (exact) mass is 192 g/mol. The lowest BCUT2D eigenvalue weighted by Gasteiger charge is -2.11. The van der Waals surface area contributed by atoms with Gasteiger partial charge in [-0.25, -0.2) is 0 Å². The van der Waals surface area contributed by atoms with Crippen molar-refractivity contribution < 1.29 is 9.53 Å². The van der Waals surface area contributed by atoms with Crippen LogP contribution < -0.4 is 4.74 Å². The quantitative estimate of drug-likeness (QED) is 0.669. The number of ether oxygens (including phenoxy) is 1. The van der Waals surface area contributed by atoms with Crippen molar-refractivity contribution in [3.63, 3.8) is 0 Å². The average molecular weight is 192 g/mol. The molecule has 0 aromatic heterocycles. The number of hydrogen-bond donors (Lipinski definition) is 0. The molecule has 0 amide bonds. The molecular formula is C12H16O2. The molecule has 76 valence electrons. The van der Waals surface area contributed by atoms with Crippen molar-refractivity contribution in [3.05, 3.63) is 29.3 Å². The zero-order chi connectivity index (χ0) is 10.4. The first-order chi connectivity index (χ1) is 6.83. The minimum atomic E-state index is 0.559. The number of para-hydroxylation sites is 1. The molecule has 1 aromatic carbocycles. The van der Waals surface area contributed by atoms with Gasteiger partial charge in [0.15, 0.2) is 0 Å². The number of hydrogen-bond acceptors (Lipinski definition) is 2. The van der Waals surface area contributed by atoms with E-state index in [2.05, 4.69) is 13.0 Å². The average Bonchev–Trinajstić information content (AvgIpc) is 2.25. The third-order valence-electron chi connectivity index (χ3n) is 2.29. The molecule has 0 fully saturated rings. The summed E-state index contributed by atoms with van der Waals surface area (Å²) in [5.74, 6) is 0.942. The highest BCUT2D eigenvalue weighted by atomic mass is 16.5. The highest BCUT2D eigenvalue weighted by Gasteiger charge is 2.06. The van der Waals surface area contributed by atoms with Gasteiger partial charge in [-0.1, -0.05) is 25.1 Å². The van der Waals surface area contributed by atoms with Crippen LogP contribution in [0.3, 0.4) is 0 Å². The van der Waals surface area contributed by atoms with Crippen molar-refractivity contribution in [3.8, 4) is 5.75 Å². The number of rotatable bonds is 5. The van der Waals surface area contributed by atoms with Crippen LogP contribution in [0.4, 0.5) is 0 Å². The molecular weight excluding hydrogens is 176 g/mol. The van der Waals surface area contributed by atoms with E-state index in [1.165, 1.54) is 5.56 Å². The highest BCUT2D eigenvalue weighted by Crippen LogP contribution is 2.25. The molecule has 1 rings (SSSR count). The van der Waals surface area contributed by atoms with E-state index in [1.54, 1.807) is 7.11 Å². The van der Waals surface area contributed by atoms with Crippen molar-refractivity contribution in [2.45, 2.75) is 26.2 Å². The Morgan fingerprint density at radius 3 is 2.64 bits per heavy atom. The maximum absolute atomic E-state index is 10.3. The summed E-state index contributed by atoms with van der Waals surface area (Å²) in [7, 11) is 1.68. The van der Waals surface area contributed by atoms with Gasteiger partial charge in [0.25, 0.3) is 0 Å². The number of methoxy groups -OCH3 is 1. The molecule has 2 heteroatoms. The molecule has 2 nitrogen and oxygen atoms in total. The molecule has 0 aliphatic rings. The minimum absolute atomic E-state index is 0.559. The van der Waals surface area contributed by atoms with Crippen molar-refractivity contribution in [1.82, 2.24) is 0 Å². The van der Waals surface area contributed by atoms with Crippen LogP contribution in [0.5, 0.6) is 5.75 Å². The fraction of sp³-hybridized carbons (Fsp3) is 0.417. The fourth-order valence-corrected chi connectivity index (χ4v) is 1.59. The molecule has 0 spiro atoms. The molecule has 0 saturated heterocycles. The Kier molecular flexibility index (Phi) is 4.17. The smallest absolute Gasteiger partial charge is 0.125 e. The van der Waals surface area contributed by atoms with Gasteiger partial charge in [0.1, 0.15) is 12.0 Å². The van der Waals surface area contributed by atoms with Crippen LogP contribution in [0.25, 0.3) is 0 Å². The van der Waals surface area contributed by atoms with Gasteiger partial charge in [-0.2, -0.15) is 0 Å². The van der Waals surface area contributed by atoms with Crippen LogP contribution >= 0.6 is 0 Å². The molecule has 0 unspecified atom stereocenters. The second-order valence-electron chi connectivity index (χ2n) is 3.17. The van der Waals surface area contributed by atoms with Gasteiger partial charge >= 0.3 is 0 Å². The Balaban J connectivity index is 2.95. The third-order valence-corrected chi connectivity index (χ3v) is 2.29. The molecule has 14 heavy (non-hydrogen) atoms. The lowest BCUT2D eigenvalue weighted by atomic mass is 10.0. The first-order valence-corrected chi connectivity index (χ1v) is 4.91. The Bertz CT molecular complexity index is 305. The molecule has 1 aromatic rings. The second-order valence-corrected chi connectivity index (χ2v) is 3.17. The molecule has 0 aliphatic heterocycles. The number of carbonyl (C=O) groups is 1. The van der Waals surface area contributed by atoms with Gasteiger partial charge < -0.3 is 9.53 Å². The van der Waals surface area contributed by atoms with Gasteiger partial charge in [0.05, 0.1) is 7.11 Å². The van der Waals surface area contributed by atoms with E-state index >= 15 is 0 Å². The Labute approximate surface area is 84.9 Å². The van der Waals surface area contributed by atoms with Gasteiger partial charge in [-0.15, -0.1) is 0 Å². The summed E-state index contributed by atoms with van der Waals surface area (Å²) in [6.45, 7) is 2.10. The molecule has 0 aliphatic carbocycles. The maximum atomic E-state index is 10.3. The van der Waals surface area contributed by atoms with Crippen LogP contribution in [-0.2, 0) is 17.6 Å². The lowest BCUT2D eigenvalue weighted by Crippen LogP contribution is -1.97. The Hall–Kier alpha value is -1.31. The summed E-state index contributed by atoms with van der Waals surface area (Å²) < 4.78 is 5.35. The Morgan fingerprint density at radius 1 is 1.36 bits per heavy atom. The normalized spacial score (nSPS) is 9.86. The summed E-state index contributed by atoms with van der Waals surface area (Å²) in [5.41, 5.74) is 2.33. The summed E-state index contributed by atoms with van der Waals surface area (Å²) in [6, 6.07) is 6.09. The van der Waals surface area contributed by atoms with Crippen molar-refractivity contribution in [2.24, 2.45) is 0 Å². The van der Waals surface area contributed by atoms with Crippen LogP contribution in [0, 0.1) is 0 Å². The van der Waals surface area contributed by atoms with Crippen LogP contribution in [0.2, 0.25) is 0 Å². The predicted octanol–water partition coefficient (Wildman–Crippen LogP) is 2.39. The van der Waals surface area contributed by atoms with Gasteiger partial charge in [0, 0.05) is 6.42 Å². The van der Waals surface area contributed by atoms with Gasteiger partial charge in [-0.05, 0) is 24.0 Å². The minimum Gasteiger partial charge on any atom is -0.496 e. The molecule has 0 bridgehead atoms. The topological polar surface area (TPSA) is 26.3 Å². The standard InChI is InChI=1S/C12H16O2/c1-3-10-6-4-7-11(8-5-9-13)12(10)14-2/h4,6-7,9H,3,5,8H2,1-2H3. The largest absolute Gasteiger partial charge is 0.496 e. The van der Waals surface area contributed by atoms with Crippen molar-refractivity contribution >= 4 is 6.29 Å². The molecule has 0 saturated carbocycles. The van der Waals surface area contributed by atoms with E-state index in [0.717, 1.165) is 30.4 Å². The van der Waals surface area contributed by atoms with Crippen LogP contribution in [0.15, 0.2) is 18.2 Å². The summed E-state index contributed by atoms with van der Waals surface area (Å²) in [6.07, 6.45) is 3.22. The first-order valence-electron chi connectivity index (χ1n) is 4.91. The fourth-order valence-electron chi connectivity index (χ4n) is 1.59. The Morgan fingerprint density at radius 2 is 2.07 bits per heavy atom. The number of aryl methyl sites for hydroxylation is 2. The lowest BCUT2D eigenvalue weighted by molar-refractivity contribution is -0.107. The zero-order valence-corrected chi connectivity index (χ0v) is 8.75. The molecule has 0 radical (unpaired) electrons. The van der Waals surface area contributed by atoms with Crippen molar-refractivity contribution in [2.75, 3.05) is 7.11 Å². The van der Waals surface area contributed by atoms with Crippen LogP contribution in [-0.4, -0.2) is 13.4 Å². The van der Waals surface area contributed by atoms with E-state index in [-0.39, 0.29) is 0 Å². The zero-order valence-electron chi connectivity index (χ0n) is 8.75. The van der Waals surface area contributed by atoms with Gasteiger partial charge in [-0.3, -0.25) is 0 Å². The summed E-state index contributed by atoms with van der Waals surface area (Å²) in [4.78, 5) is 10.3. The second kappa shape index (κ2) is 5.43. The van der Waals surface area contributed by atoms with E-state index in [0.29, 0.717) is 6.42 Å². The summed E-state index contributed by atoms with van der Waals surface area (Å²) in [5, 5.41) is 0. The first kappa shape index (κ1) is 10.8. The highest BCUT2D eigenvalue weighted by molar-refractivity contribution is 5.51. The molecule has 0 atom stereocenters. The SMILES string of the molecule is CCc1cccc(CCC=O)c1OC. The van der Waals surface area contributed by atoms with Gasteiger partial charge in [0.2, 0.25) is 0 Å². The van der Waals surface area contributed by atoms with E-state index in [1.807, 2.05) is 12.1 Å². The van der Waals surface area contributed by atoms with E-state index in [9.17, 15) is 4.79 Å². The molecule has 0 heterocycles. The number of aldehydes is 1. The maximum Gasteiger partial charge on any atom is 0.125 e. The van der Waals surface area contributed by atoms with Crippen molar-refractivity contribution in [1.29, 1.82) is 0 Å². The van der Waals surface area contributed by atoms with Crippen LogP contribution in [0.1, 0.15) is 24.5 Å². The van der Waals surface area contributed by atoms with E-state index in [4.69, 9.17) is 4.74 Å². The van der Waals surface area contributed by atoms with E-state index < -0.39 is 0 Å².